The van der Waals surface area contributed by atoms with Crippen LogP contribution in [0.2, 0.25) is 0 Å². The summed E-state index contributed by atoms with van der Waals surface area (Å²) in [6.45, 7) is 2.18. The van der Waals surface area contributed by atoms with Crippen molar-refractivity contribution in [1.29, 1.82) is 0 Å². The average molecular weight is 332 g/mol. The lowest BCUT2D eigenvalue weighted by molar-refractivity contribution is 0.174. The summed E-state index contributed by atoms with van der Waals surface area (Å²) in [4.78, 5) is 4.58. The molecule has 1 aliphatic heterocycles. The maximum absolute atomic E-state index is 10.0. The molecule has 1 aliphatic rings. The lowest BCUT2D eigenvalue weighted by Crippen LogP contribution is -1.92. The Morgan fingerprint density at radius 2 is 1.74 bits per heavy atom. The molecular formula is C17H14ClNO4. The zero-order valence-corrected chi connectivity index (χ0v) is 13.1. The first-order valence-electron chi connectivity index (χ1n) is 6.85. The van der Waals surface area contributed by atoms with Crippen molar-refractivity contribution < 1.29 is 19.7 Å². The lowest BCUT2D eigenvalue weighted by Gasteiger charge is -2.09. The zero-order chi connectivity index (χ0) is 15.3. The fraction of sp³-hybridized carbons (Fsp3) is 0.118. The van der Waals surface area contributed by atoms with Gasteiger partial charge in [-0.2, -0.15) is 0 Å². The summed E-state index contributed by atoms with van der Waals surface area (Å²) < 4.78 is 10.8. The summed E-state index contributed by atoms with van der Waals surface area (Å²) in [7, 11) is 0. The van der Waals surface area contributed by atoms with Crippen molar-refractivity contribution in [1.82, 2.24) is 4.98 Å². The number of halogens is 1. The van der Waals surface area contributed by atoms with Crippen LogP contribution in [0.4, 0.5) is 0 Å². The molecule has 0 saturated carbocycles. The van der Waals surface area contributed by atoms with E-state index in [2.05, 4.69) is 4.98 Å². The molecule has 2 N–H and O–H groups in total. The Morgan fingerprint density at radius 1 is 1.00 bits per heavy atom. The van der Waals surface area contributed by atoms with Crippen molar-refractivity contribution >= 4 is 23.3 Å². The molecule has 0 saturated heterocycles. The molecule has 4 rings (SSSR count). The number of phenols is 2. The monoisotopic (exact) mass is 331 g/mol. The Labute approximate surface area is 138 Å². The second kappa shape index (κ2) is 5.52. The van der Waals surface area contributed by atoms with Gasteiger partial charge in [-0.05, 0) is 42.8 Å². The topological polar surface area (TPSA) is 71.8 Å². The fourth-order valence-corrected chi connectivity index (χ4v) is 2.65. The summed E-state index contributed by atoms with van der Waals surface area (Å²) in [5.74, 6) is 1.53. The molecule has 1 aromatic heterocycles. The molecule has 0 amide bonds. The van der Waals surface area contributed by atoms with E-state index in [0.29, 0.717) is 22.8 Å². The van der Waals surface area contributed by atoms with Gasteiger partial charge in [0.25, 0.3) is 0 Å². The minimum Gasteiger partial charge on any atom is -0.508 e. The van der Waals surface area contributed by atoms with Crippen molar-refractivity contribution in [3.8, 4) is 34.3 Å². The largest absolute Gasteiger partial charge is 0.508 e. The van der Waals surface area contributed by atoms with Crippen LogP contribution in [-0.4, -0.2) is 22.0 Å². The summed E-state index contributed by atoms with van der Waals surface area (Å²) in [6, 6.07) is 9.99. The number of benzene rings is 2. The van der Waals surface area contributed by atoms with Gasteiger partial charge >= 0.3 is 0 Å². The van der Waals surface area contributed by atoms with E-state index in [9.17, 15) is 10.2 Å². The zero-order valence-electron chi connectivity index (χ0n) is 12.2. The predicted molar refractivity (Wildman–Crippen MR) is 88.6 cm³/mol. The Hall–Kier alpha value is -2.66. The summed E-state index contributed by atoms with van der Waals surface area (Å²) in [5, 5.41) is 20.6. The third-order valence-corrected chi connectivity index (χ3v) is 3.77. The number of pyridine rings is 1. The number of fused-ring (bicyclic) bond motifs is 2. The van der Waals surface area contributed by atoms with Gasteiger partial charge in [0.05, 0.1) is 11.2 Å². The number of hydrogen-bond acceptors (Lipinski definition) is 5. The van der Waals surface area contributed by atoms with Gasteiger partial charge in [-0.1, -0.05) is 0 Å². The van der Waals surface area contributed by atoms with E-state index in [1.165, 1.54) is 18.2 Å². The number of phenolic OH excluding ortho intramolecular Hbond substituents is 2. The molecule has 0 atom stereocenters. The van der Waals surface area contributed by atoms with Crippen LogP contribution in [0.25, 0.3) is 22.2 Å². The molecule has 23 heavy (non-hydrogen) atoms. The maximum Gasteiger partial charge on any atom is 0.231 e. The highest BCUT2D eigenvalue weighted by molar-refractivity contribution is 5.88. The molecule has 0 aliphatic carbocycles. The van der Waals surface area contributed by atoms with Crippen molar-refractivity contribution in [2.45, 2.75) is 6.92 Å². The highest BCUT2D eigenvalue weighted by Crippen LogP contribution is 2.38. The molecule has 3 aromatic rings. The van der Waals surface area contributed by atoms with Crippen LogP contribution in [0.3, 0.4) is 0 Å². The molecule has 0 bridgehead atoms. The van der Waals surface area contributed by atoms with E-state index in [1.54, 1.807) is 0 Å². The first kappa shape index (κ1) is 15.2. The number of rotatable bonds is 1. The Kier molecular flexibility index (Phi) is 3.66. The maximum atomic E-state index is 10.0. The molecular weight excluding hydrogens is 318 g/mol. The lowest BCUT2D eigenvalue weighted by atomic mass is 10.0. The van der Waals surface area contributed by atoms with Crippen LogP contribution in [0.5, 0.6) is 23.0 Å². The second-order valence-electron chi connectivity index (χ2n) is 5.25. The van der Waals surface area contributed by atoms with Crippen molar-refractivity contribution in [3.05, 3.63) is 42.0 Å². The number of nitrogens with zero attached hydrogens (tertiary/aromatic N) is 1. The van der Waals surface area contributed by atoms with E-state index in [1.807, 2.05) is 25.1 Å². The highest BCUT2D eigenvalue weighted by Gasteiger charge is 2.17. The number of aromatic nitrogens is 1. The van der Waals surface area contributed by atoms with E-state index in [4.69, 9.17) is 9.47 Å². The molecule has 0 unspecified atom stereocenters. The average Bonchev–Trinajstić information content (AvgIpc) is 2.95. The summed E-state index contributed by atoms with van der Waals surface area (Å²) >= 11 is 0. The normalized spacial score (nSPS) is 12.2. The molecule has 118 valence electrons. The first-order valence-corrected chi connectivity index (χ1v) is 6.85. The number of aryl methyl sites for hydroxylation is 1. The first-order chi connectivity index (χ1) is 10.6. The van der Waals surface area contributed by atoms with E-state index >= 15 is 0 Å². The Bertz CT molecular complexity index is 911. The minimum atomic E-state index is 0. The molecule has 2 aromatic carbocycles. The smallest absolute Gasteiger partial charge is 0.231 e. The van der Waals surface area contributed by atoms with Crippen LogP contribution in [-0.2, 0) is 0 Å². The van der Waals surface area contributed by atoms with Crippen molar-refractivity contribution in [2.75, 3.05) is 6.79 Å². The minimum absolute atomic E-state index is 0. The molecule has 0 radical (unpaired) electrons. The van der Waals surface area contributed by atoms with Crippen LogP contribution in [0.15, 0.2) is 36.4 Å². The van der Waals surface area contributed by atoms with Crippen LogP contribution >= 0.6 is 12.4 Å². The highest BCUT2D eigenvalue weighted by atomic mass is 35.5. The van der Waals surface area contributed by atoms with Gasteiger partial charge in [-0.3, -0.25) is 0 Å². The van der Waals surface area contributed by atoms with Gasteiger partial charge in [-0.15, -0.1) is 12.4 Å². The van der Waals surface area contributed by atoms with E-state index < -0.39 is 0 Å². The molecule has 5 nitrogen and oxygen atoms in total. The molecule has 0 spiro atoms. The molecule has 0 fully saturated rings. The molecule has 6 heteroatoms. The fourth-order valence-electron chi connectivity index (χ4n) is 2.65. The molecule has 2 heterocycles. The summed E-state index contributed by atoms with van der Waals surface area (Å²) in [6.07, 6.45) is 0. The van der Waals surface area contributed by atoms with Crippen molar-refractivity contribution in [3.63, 3.8) is 0 Å². The van der Waals surface area contributed by atoms with Gasteiger partial charge in [0.2, 0.25) is 6.79 Å². The quantitative estimate of drug-likeness (QED) is 0.664. The third kappa shape index (κ3) is 2.49. The second-order valence-corrected chi connectivity index (χ2v) is 5.25. The number of ether oxygens (including phenoxy) is 2. The Balaban J connectivity index is 0.00000156. The van der Waals surface area contributed by atoms with E-state index in [-0.39, 0.29) is 30.7 Å². The van der Waals surface area contributed by atoms with Gasteiger partial charge in [0.1, 0.15) is 11.5 Å². The van der Waals surface area contributed by atoms with Gasteiger partial charge in [0, 0.05) is 17.0 Å². The van der Waals surface area contributed by atoms with Crippen LogP contribution < -0.4 is 9.47 Å². The summed E-state index contributed by atoms with van der Waals surface area (Å²) in [5.41, 5.74) is 2.84. The SMILES string of the molecule is Cc1cc(-c2cc(O)ccc2O)nc2cc3c(cc12)OCO3.Cl. The number of hydrogen-bond donors (Lipinski definition) is 2. The third-order valence-electron chi connectivity index (χ3n) is 3.77. The standard InChI is InChI=1S/C17H13NO4.ClH/c1-9-4-13(12-5-10(19)2-3-15(12)20)18-14-7-17-16(6-11(9)14)21-8-22-17;/h2-7,19-20H,8H2,1H3;1H. The van der Waals surface area contributed by atoms with Crippen LogP contribution in [0, 0.1) is 6.92 Å². The predicted octanol–water partition coefficient (Wildman–Crippen LogP) is 3.77. The Morgan fingerprint density at radius 3 is 2.52 bits per heavy atom. The van der Waals surface area contributed by atoms with E-state index in [0.717, 1.165) is 16.5 Å². The van der Waals surface area contributed by atoms with Crippen LogP contribution in [0.1, 0.15) is 5.56 Å². The van der Waals surface area contributed by atoms with Crippen molar-refractivity contribution in [2.24, 2.45) is 0 Å². The number of aromatic hydroxyl groups is 2. The van der Waals surface area contributed by atoms with Gasteiger partial charge in [-0.25, -0.2) is 4.98 Å². The van der Waals surface area contributed by atoms with Gasteiger partial charge in [0.15, 0.2) is 11.5 Å². The van der Waals surface area contributed by atoms with Gasteiger partial charge < -0.3 is 19.7 Å².